The van der Waals surface area contributed by atoms with Crippen LogP contribution >= 0.6 is 0 Å². The fourth-order valence-electron chi connectivity index (χ4n) is 16.3. The van der Waals surface area contributed by atoms with E-state index in [0.29, 0.717) is 25.7 Å². The first kappa shape index (κ1) is 67.9. The van der Waals surface area contributed by atoms with Gasteiger partial charge in [0.05, 0.1) is 59.8 Å². The van der Waals surface area contributed by atoms with Crippen LogP contribution in [0.1, 0.15) is 120 Å². The minimum Gasteiger partial charge on any atom is -0.458 e. The van der Waals surface area contributed by atoms with Crippen LogP contribution in [0.25, 0.3) is 0 Å². The molecule has 10 rings (SSSR count). The third kappa shape index (κ3) is 12.2. The first-order valence-electron chi connectivity index (χ1n) is 31.0. The molecule has 2 aromatic carbocycles. The molecule has 29 atom stereocenters. The van der Waals surface area contributed by atoms with Crippen molar-refractivity contribution in [2.45, 2.75) is 251 Å². The minimum atomic E-state index is -2.01. The maximum Gasteiger partial charge on any atom is 0.338 e. The number of methoxy groups -OCH3 is 2. The van der Waals surface area contributed by atoms with Gasteiger partial charge in [-0.25, -0.2) is 9.59 Å². The number of esters is 3. The maximum absolute atomic E-state index is 14.1. The smallest absolute Gasteiger partial charge is 0.338 e. The molecule has 4 aliphatic carbocycles. The van der Waals surface area contributed by atoms with Crippen LogP contribution in [0.15, 0.2) is 60.7 Å². The lowest BCUT2D eigenvalue weighted by molar-refractivity contribution is -0.375. The SMILES string of the molecule is COC1CC(OC2CCC3(C)C(CCC4(O)C3CC(OC(=O)c3ccccc3)C3(C)C(O)(C(C)OC(=O)c5ccccc5)CCC43O)C2)OC(C)C1OC1OC(C)C(OC2OC(COC3OC(CO)C(O)C(O)C3O)C(O)C(O)C2O)C(OC)C1OC(C)=O. The van der Waals surface area contributed by atoms with Gasteiger partial charge in [-0.05, 0) is 114 Å². The Kier molecular flexibility index (Phi) is 20.5. The molecular formula is C63H90O26. The lowest BCUT2D eigenvalue weighted by atomic mass is 9.40. The van der Waals surface area contributed by atoms with Gasteiger partial charge >= 0.3 is 17.9 Å². The third-order valence-corrected chi connectivity index (χ3v) is 21.5. The highest BCUT2D eigenvalue weighted by molar-refractivity contribution is 5.90. The molecule has 498 valence electrons. The molecule has 8 fully saturated rings. The number of hydrogen-bond donors (Lipinski definition) is 10. The Morgan fingerprint density at radius 2 is 1.22 bits per heavy atom. The summed E-state index contributed by atoms with van der Waals surface area (Å²) in [7, 11) is 2.84. The van der Waals surface area contributed by atoms with Crippen LogP contribution < -0.4 is 0 Å². The Hall–Kier alpha value is -3.95. The normalized spacial score (nSPS) is 46.7. The quantitative estimate of drug-likeness (QED) is 0.0558. The standard InChI is InChI=1S/C63H90O26/c1-30-50(88-58-53(83-33(4)65)52(78-8)51(31(2)81-58)89-57-49(71)47(69)45(67)40(86-57)29-79-56-48(70)46(68)44(66)39(28-64)85-56)38(77-7)26-43(80-30)84-37-20-21-59(5)36(25-37)19-22-62(75)41(59)27-42(87-55(73)35-17-13-10-14-18-35)60(6)61(74,23-24-63(60,62)76)32(3)82-54(72)34-15-11-9-12-16-34/h9-18,30-32,36-53,56-58,64,66-71,74-76H,19-29H2,1-8H3. The van der Waals surface area contributed by atoms with Crippen LogP contribution in [-0.4, -0.2) is 248 Å². The Labute approximate surface area is 516 Å². The van der Waals surface area contributed by atoms with Crippen molar-refractivity contribution >= 4 is 17.9 Å². The number of carbonyl (C=O) groups is 3. The van der Waals surface area contributed by atoms with Gasteiger partial charge in [0.1, 0.15) is 90.6 Å². The van der Waals surface area contributed by atoms with Gasteiger partial charge in [-0.1, -0.05) is 50.2 Å². The van der Waals surface area contributed by atoms with Gasteiger partial charge in [0.15, 0.2) is 31.3 Å². The van der Waals surface area contributed by atoms with E-state index in [0.717, 1.165) is 0 Å². The molecule has 4 saturated heterocycles. The van der Waals surface area contributed by atoms with Gasteiger partial charge in [-0.15, -0.1) is 0 Å². The van der Waals surface area contributed by atoms with E-state index in [-0.39, 0.29) is 55.3 Å². The molecule has 89 heavy (non-hydrogen) atoms. The highest BCUT2D eigenvalue weighted by Gasteiger charge is 2.82. The first-order chi connectivity index (χ1) is 42.2. The van der Waals surface area contributed by atoms with Crippen molar-refractivity contribution in [2.75, 3.05) is 27.4 Å². The van der Waals surface area contributed by atoms with Crippen molar-refractivity contribution in [2.24, 2.45) is 22.7 Å². The number of carbonyl (C=O) groups excluding carboxylic acids is 3. The second-order valence-corrected chi connectivity index (χ2v) is 26.2. The molecule has 29 unspecified atom stereocenters. The molecule has 0 radical (unpaired) electrons. The summed E-state index contributed by atoms with van der Waals surface area (Å²) in [5.41, 5.74) is -7.53. The molecule has 2 aromatic rings. The second kappa shape index (κ2) is 26.8. The van der Waals surface area contributed by atoms with Gasteiger partial charge < -0.3 is 113 Å². The van der Waals surface area contributed by atoms with Crippen LogP contribution in [0, 0.1) is 22.7 Å². The van der Waals surface area contributed by atoms with Gasteiger partial charge in [0.25, 0.3) is 0 Å². The highest BCUT2D eigenvalue weighted by atomic mass is 16.8. The molecule has 4 aliphatic heterocycles. The maximum atomic E-state index is 14.1. The summed E-state index contributed by atoms with van der Waals surface area (Å²) in [6.07, 6.45) is -26.0. The Bertz CT molecular complexity index is 2730. The van der Waals surface area contributed by atoms with E-state index < -0.39 is 194 Å². The second-order valence-electron chi connectivity index (χ2n) is 26.2. The van der Waals surface area contributed by atoms with E-state index in [4.69, 9.17) is 61.6 Å². The number of aliphatic hydroxyl groups excluding tert-OH is 7. The van der Waals surface area contributed by atoms with Gasteiger partial charge in [-0.3, -0.25) is 4.79 Å². The molecule has 0 spiro atoms. The van der Waals surface area contributed by atoms with Crippen molar-refractivity contribution < 1.29 is 127 Å². The van der Waals surface area contributed by atoms with Crippen LogP contribution in [-0.2, 0) is 66.4 Å². The fraction of sp³-hybridized carbons (Fsp3) is 0.762. The summed E-state index contributed by atoms with van der Waals surface area (Å²) in [6.45, 7) is 8.56. The largest absolute Gasteiger partial charge is 0.458 e. The summed E-state index contributed by atoms with van der Waals surface area (Å²) in [6, 6.07) is 16.8. The molecule has 10 N–H and O–H groups in total. The molecule has 26 heteroatoms. The number of hydrogen-bond acceptors (Lipinski definition) is 26. The van der Waals surface area contributed by atoms with E-state index in [9.17, 15) is 65.4 Å². The first-order valence-corrected chi connectivity index (χ1v) is 31.0. The summed E-state index contributed by atoms with van der Waals surface area (Å²) in [5, 5.41) is 113. The number of ether oxygens (including phenoxy) is 13. The molecule has 8 aliphatic rings. The van der Waals surface area contributed by atoms with E-state index >= 15 is 0 Å². The molecular weight excluding hydrogens is 1170 g/mol. The number of rotatable bonds is 18. The minimum absolute atomic E-state index is 0.0402. The topological polar surface area (TPSA) is 374 Å². The number of benzene rings is 2. The zero-order valence-electron chi connectivity index (χ0n) is 51.4. The van der Waals surface area contributed by atoms with Crippen LogP contribution in [0.2, 0.25) is 0 Å². The van der Waals surface area contributed by atoms with Crippen molar-refractivity contribution in [1.82, 2.24) is 0 Å². The molecule has 0 aromatic heterocycles. The molecule has 4 heterocycles. The fourth-order valence-corrected chi connectivity index (χ4v) is 16.3. The summed E-state index contributed by atoms with van der Waals surface area (Å²) in [4.78, 5) is 40.4. The lowest BCUT2D eigenvalue weighted by Crippen LogP contribution is -2.79. The zero-order valence-corrected chi connectivity index (χ0v) is 51.4. The monoisotopic (exact) mass is 1260 g/mol. The third-order valence-electron chi connectivity index (χ3n) is 21.5. The predicted molar refractivity (Wildman–Crippen MR) is 303 cm³/mol. The Morgan fingerprint density at radius 1 is 0.618 bits per heavy atom. The zero-order chi connectivity index (χ0) is 64.3. The van der Waals surface area contributed by atoms with E-state index in [1.807, 2.05) is 0 Å². The molecule has 0 amide bonds. The average molecular weight is 1260 g/mol. The van der Waals surface area contributed by atoms with E-state index in [1.165, 1.54) is 21.1 Å². The van der Waals surface area contributed by atoms with Crippen LogP contribution in [0.4, 0.5) is 0 Å². The van der Waals surface area contributed by atoms with Crippen molar-refractivity contribution in [1.29, 1.82) is 0 Å². The summed E-state index contributed by atoms with van der Waals surface area (Å²) >= 11 is 0. The Balaban J connectivity index is 0.798. The lowest BCUT2D eigenvalue weighted by Gasteiger charge is -2.69. The van der Waals surface area contributed by atoms with Crippen molar-refractivity contribution in [3.8, 4) is 0 Å². The molecule has 4 saturated carbocycles. The van der Waals surface area contributed by atoms with Crippen molar-refractivity contribution in [3.63, 3.8) is 0 Å². The molecule has 0 bridgehead atoms. The van der Waals surface area contributed by atoms with E-state index in [1.54, 1.807) is 88.4 Å². The number of aliphatic hydroxyl groups is 10. The van der Waals surface area contributed by atoms with Crippen molar-refractivity contribution in [3.05, 3.63) is 71.8 Å². The number of fused-ring (bicyclic) bond motifs is 5. The van der Waals surface area contributed by atoms with Crippen LogP contribution in [0.5, 0.6) is 0 Å². The van der Waals surface area contributed by atoms with Gasteiger partial charge in [-0.2, -0.15) is 0 Å². The van der Waals surface area contributed by atoms with Crippen LogP contribution in [0.3, 0.4) is 0 Å². The van der Waals surface area contributed by atoms with E-state index in [2.05, 4.69) is 6.92 Å². The predicted octanol–water partition coefficient (Wildman–Crippen LogP) is 0.692. The van der Waals surface area contributed by atoms with Gasteiger partial charge in [0.2, 0.25) is 0 Å². The summed E-state index contributed by atoms with van der Waals surface area (Å²) < 4.78 is 79.7. The summed E-state index contributed by atoms with van der Waals surface area (Å²) in [5.74, 6) is -2.73. The highest BCUT2D eigenvalue weighted by Crippen LogP contribution is 2.72. The average Bonchev–Trinajstić information content (AvgIpc) is 1.60. The van der Waals surface area contributed by atoms with Gasteiger partial charge in [0, 0.05) is 27.6 Å². The molecule has 26 nitrogen and oxygen atoms in total. The Morgan fingerprint density at radius 3 is 1.85 bits per heavy atom.